The van der Waals surface area contributed by atoms with Gasteiger partial charge in [0, 0.05) is 17.8 Å². The first-order valence-electron chi connectivity index (χ1n) is 10.2. The molecular weight excluding hydrogens is 342 g/mol. The van der Waals surface area contributed by atoms with Gasteiger partial charge < -0.3 is 20.0 Å². The molecule has 4 bridgehead atoms. The summed E-state index contributed by atoms with van der Waals surface area (Å²) in [5, 5.41) is 14.4. The van der Waals surface area contributed by atoms with Gasteiger partial charge in [0.25, 0.3) is 0 Å². The van der Waals surface area contributed by atoms with Gasteiger partial charge in [-0.1, -0.05) is 12.1 Å². The van der Waals surface area contributed by atoms with Crippen LogP contribution in [-0.4, -0.2) is 18.5 Å². The molecule has 1 N–H and O–H groups in total. The lowest BCUT2D eigenvalue weighted by molar-refractivity contribution is -0.306. The SMILES string of the molecule is CCOc1ccc([C@@H](CC(=O)[O-])NC(=O)C23CC4CC(CC(C4)C2)C3)cc1. The summed E-state index contributed by atoms with van der Waals surface area (Å²) in [6, 6.07) is 6.73. The first-order valence-corrected chi connectivity index (χ1v) is 10.2. The Bertz CT molecular complexity index is 676. The van der Waals surface area contributed by atoms with E-state index in [4.69, 9.17) is 4.74 Å². The van der Waals surface area contributed by atoms with E-state index in [0.29, 0.717) is 24.4 Å². The quantitative estimate of drug-likeness (QED) is 0.800. The molecule has 0 spiro atoms. The van der Waals surface area contributed by atoms with E-state index in [1.165, 1.54) is 19.3 Å². The molecule has 1 aromatic carbocycles. The van der Waals surface area contributed by atoms with Crippen molar-refractivity contribution in [2.24, 2.45) is 23.2 Å². The Labute approximate surface area is 160 Å². The van der Waals surface area contributed by atoms with Crippen molar-refractivity contribution in [3.63, 3.8) is 0 Å². The fourth-order valence-corrected chi connectivity index (χ4v) is 6.08. The maximum Gasteiger partial charge on any atom is 0.226 e. The van der Waals surface area contributed by atoms with Gasteiger partial charge in [0.1, 0.15) is 5.75 Å². The maximum atomic E-state index is 13.3. The van der Waals surface area contributed by atoms with Gasteiger partial charge in [-0.05, 0) is 80.9 Å². The number of hydrogen-bond donors (Lipinski definition) is 1. The number of nitrogens with one attached hydrogen (secondary N) is 1. The standard InChI is InChI=1S/C22H29NO4/c1-2-27-18-5-3-17(4-6-18)19(10-20(24)25)23-21(26)22-11-14-7-15(12-22)9-16(8-14)13-22/h3-6,14-16,19H,2,7-13H2,1H3,(H,23,26)(H,24,25)/p-1/t14?,15?,16?,19-,22?/m1/s1. The second kappa shape index (κ2) is 7.17. The summed E-state index contributed by atoms with van der Waals surface area (Å²) >= 11 is 0. The van der Waals surface area contributed by atoms with Gasteiger partial charge in [-0.2, -0.15) is 0 Å². The Morgan fingerprint density at radius 3 is 2.15 bits per heavy atom. The molecule has 1 atom stereocenters. The normalized spacial score (nSPS) is 32.1. The number of hydrogen-bond acceptors (Lipinski definition) is 4. The second-order valence-electron chi connectivity index (χ2n) is 8.80. The summed E-state index contributed by atoms with van der Waals surface area (Å²) in [5.74, 6) is 1.65. The molecule has 0 heterocycles. The lowest BCUT2D eigenvalue weighted by Crippen LogP contribution is -2.54. The van der Waals surface area contributed by atoms with E-state index in [9.17, 15) is 14.7 Å². The van der Waals surface area contributed by atoms with E-state index in [2.05, 4.69) is 5.32 Å². The van der Waals surface area contributed by atoms with Gasteiger partial charge in [0.05, 0.1) is 12.6 Å². The predicted molar refractivity (Wildman–Crippen MR) is 98.7 cm³/mol. The first kappa shape index (κ1) is 18.3. The molecule has 0 saturated heterocycles. The van der Waals surface area contributed by atoms with Crippen LogP contribution in [0.25, 0.3) is 0 Å². The van der Waals surface area contributed by atoms with E-state index >= 15 is 0 Å². The molecule has 4 fully saturated rings. The summed E-state index contributed by atoms with van der Waals surface area (Å²) in [7, 11) is 0. The second-order valence-corrected chi connectivity index (χ2v) is 8.80. The van der Waals surface area contributed by atoms with Crippen molar-refractivity contribution in [2.45, 2.75) is 57.9 Å². The Kier molecular flexibility index (Phi) is 4.87. The Balaban J connectivity index is 1.51. The van der Waals surface area contributed by atoms with Crippen LogP contribution < -0.4 is 15.2 Å². The zero-order valence-electron chi connectivity index (χ0n) is 15.9. The minimum Gasteiger partial charge on any atom is -0.550 e. The third-order valence-electron chi connectivity index (χ3n) is 6.79. The molecule has 5 heteroatoms. The average molecular weight is 370 g/mol. The van der Waals surface area contributed by atoms with E-state index in [1.807, 2.05) is 31.2 Å². The van der Waals surface area contributed by atoms with Gasteiger partial charge in [0.2, 0.25) is 5.91 Å². The van der Waals surface area contributed by atoms with Crippen LogP contribution in [0.2, 0.25) is 0 Å². The zero-order chi connectivity index (χ0) is 19.0. The van der Waals surface area contributed by atoms with Crippen molar-refractivity contribution >= 4 is 11.9 Å². The van der Waals surface area contributed by atoms with Crippen molar-refractivity contribution < 1.29 is 19.4 Å². The topological polar surface area (TPSA) is 78.5 Å². The minimum absolute atomic E-state index is 0.0433. The van der Waals surface area contributed by atoms with Gasteiger partial charge in [-0.15, -0.1) is 0 Å². The van der Waals surface area contributed by atoms with E-state index in [0.717, 1.165) is 30.6 Å². The molecule has 4 aliphatic carbocycles. The molecule has 4 aliphatic rings. The van der Waals surface area contributed by atoms with Gasteiger partial charge in [-0.3, -0.25) is 4.79 Å². The smallest absolute Gasteiger partial charge is 0.226 e. The van der Waals surface area contributed by atoms with Crippen molar-refractivity contribution in [3.05, 3.63) is 29.8 Å². The minimum atomic E-state index is -1.15. The number of benzene rings is 1. The average Bonchev–Trinajstić information content (AvgIpc) is 2.60. The van der Waals surface area contributed by atoms with Crippen LogP contribution in [0, 0.1) is 23.2 Å². The molecule has 0 unspecified atom stereocenters. The number of carbonyl (C=O) groups excluding carboxylic acids is 2. The number of carbonyl (C=O) groups is 2. The molecule has 5 nitrogen and oxygen atoms in total. The number of aliphatic carboxylic acids is 1. The molecule has 1 aromatic rings. The third-order valence-corrected chi connectivity index (χ3v) is 6.79. The van der Waals surface area contributed by atoms with Crippen LogP contribution in [0.4, 0.5) is 0 Å². The molecule has 146 valence electrons. The highest BCUT2D eigenvalue weighted by molar-refractivity contribution is 5.84. The molecule has 4 saturated carbocycles. The van der Waals surface area contributed by atoms with Crippen LogP contribution in [0.5, 0.6) is 5.75 Å². The van der Waals surface area contributed by atoms with Crippen LogP contribution >= 0.6 is 0 Å². The Morgan fingerprint density at radius 2 is 1.67 bits per heavy atom. The molecule has 1 amide bonds. The number of carboxylic acid groups (broad SMARTS) is 1. The summed E-state index contributed by atoms with van der Waals surface area (Å²) in [4.78, 5) is 24.6. The predicted octanol–water partition coefficient (Wildman–Crippen LogP) is 2.60. The number of ether oxygens (including phenoxy) is 1. The van der Waals surface area contributed by atoms with Crippen LogP contribution in [0.1, 0.15) is 63.5 Å². The number of carboxylic acids is 1. The highest BCUT2D eigenvalue weighted by Crippen LogP contribution is 2.60. The van der Waals surface area contributed by atoms with Crippen molar-refractivity contribution in [3.8, 4) is 5.75 Å². The molecule has 27 heavy (non-hydrogen) atoms. The lowest BCUT2D eigenvalue weighted by atomic mass is 9.49. The van der Waals surface area contributed by atoms with Crippen molar-refractivity contribution in [1.29, 1.82) is 0 Å². The van der Waals surface area contributed by atoms with Crippen LogP contribution in [0.15, 0.2) is 24.3 Å². The summed E-state index contributed by atoms with van der Waals surface area (Å²) < 4.78 is 5.45. The first-order chi connectivity index (χ1) is 13.0. The highest BCUT2D eigenvalue weighted by Gasteiger charge is 2.54. The monoisotopic (exact) mass is 370 g/mol. The molecule has 0 aromatic heterocycles. The Hall–Kier alpha value is -2.04. The van der Waals surface area contributed by atoms with Gasteiger partial charge in [0.15, 0.2) is 0 Å². The lowest BCUT2D eigenvalue weighted by Gasteiger charge is -2.55. The van der Waals surface area contributed by atoms with Gasteiger partial charge >= 0.3 is 0 Å². The fraction of sp³-hybridized carbons (Fsp3) is 0.636. The van der Waals surface area contributed by atoms with Crippen LogP contribution in [-0.2, 0) is 9.59 Å². The summed E-state index contributed by atoms with van der Waals surface area (Å²) in [5.41, 5.74) is 0.491. The summed E-state index contributed by atoms with van der Waals surface area (Å²) in [6.45, 7) is 2.49. The van der Waals surface area contributed by atoms with E-state index < -0.39 is 12.0 Å². The maximum absolute atomic E-state index is 13.3. The number of rotatable bonds is 7. The van der Waals surface area contributed by atoms with Gasteiger partial charge in [-0.25, -0.2) is 0 Å². The van der Waals surface area contributed by atoms with Crippen molar-refractivity contribution in [1.82, 2.24) is 5.32 Å². The zero-order valence-corrected chi connectivity index (χ0v) is 15.9. The third kappa shape index (κ3) is 3.69. The number of amides is 1. The fourth-order valence-electron chi connectivity index (χ4n) is 6.08. The molecule has 0 aliphatic heterocycles. The Morgan fingerprint density at radius 1 is 1.11 bits per heavy atom. The largest absolute Gasteiger partial charge is 0.550 e. The molecule has 0 radical (unpaired) electrons. The summed E-state index contributed by atoms with van der Waals surface area (Å²) in [6.07, 6.45) is 6.49. The molecular formula is C22H28NO4-. The van der Waals surface area contributed by atoms with E-state index in [1.54, 1.807) is 0 Å². The van der Waals surface area contributed by atoms with Crippen molar-refractivity contribution in [2.75, 3.05) is 6.61 Å². The van der Waals surface area contributed by atoms with E-state index in [-0.39, 0.29) is 17.7 Å². The highest BCUT2D eigenvalue weighted by atomic mass is 16.5. The van der Waals surface area contributed by atoms with Crippen LogP contribution in [0.3, 0.4) is 0 Å². The molecule has 5 rings (SSSR count).